The first-order valence-electron chi connectivity index (χ1n) is 7.73. The van der Waals surface area contributed by atoms with Crippen LogP contribution in [0.2, 0.25) is 0 Å². The average molecular weight is 313 g/mol. The van der Waals surface area contributed by atoms with Gasteiger partial charge in [-0.3, -0.25) is 4.79 Å². The van der Waals surface area contributed by atoms with Gasteiger partial charge in [-0.05, 0) is 42.5 Å². The number of nitrogens with zero attached hydrogens (tertiary/aromatic N) is 1. The lowest BCUT2D eigenvalue weighted by Gasteiger charge is -2.08. The molecule has 3 nitrogen and oxygen atoms in total. The summed E-state index contributed by atoms with van der Waals surface area (Å²) in [4.78, 5) is 17.6. The molecule has 3 aromatic carbocycles. The number of para-hydroxylation sites is 2. The number of aromatic nitrogens is 1. The van der Waals surface area contributed by atoms with Crippen molar-refractivity contribution in [3.63, 3.8) is 0 Å². The molecular formula is C21H15NO2. The van der Waals surface area contributed by atoms with Crippen LogP contribution in [0.1, 0.15) is 15.9 Å². The van der Waals surface area contributed by atoms with Crippen molar-refractivity contribution in [2.45, 2.75) is 0 Å². The fourth-order valence-electron chi connectivity index (χ4n) is 2.88. The third-order valence-electron chi connectivity index (χ3n) is 4.14. The van der Waals surface area contributed by atoms with Crippen molar-refractivity contribution in [2.75, 3.05) is 7.11 Å². The standard InChI is InChI=1S/C21H15NO2/c1-24-17-11-9-14(10-12-17)21(23)18-7-4-6-16-13-15-5-2-3-8-19(15)22-20(16)18/h2-13H,1H3. The van der Waals surface area contributed by atoms with Crippen molar-refractivity contribution in [2.24, 2.45) is 0 Å². The van der Waals surface area contributed by atoms with Crippen LogP contribution in [0.3, 0.4) is 0 Å². The van der Waals surface area contributed by atoms with Gasteiger partial charge in [0.15, 0.2) is 5.78 Å². The Morgan fingerprint density at radius 2 is 1.62 bits per heavy atom. The van der Waals surface area contributed by atoms with E-state index in [0.717, 1.165) is 27.6 Å². The Bertz CT molecular complexity index is 1050. The summed E-state index contributed by atoms with van der Waals surface area (Å²) in [7, 11) is 1.61. The lowest BCUT2D eigenvalue weighted by atomic mass is 9.99. The van der Waals surface area contributed by atoms with Gasteiger partial charge in [-0.25, -0.2) is 4.98 Å². The molecule has 0 unspecified atom stereocenters. The highest BCUT2D eigenvalue weighted by Gasteiger charge is 2.14. The molecule has 4 rings (SSSR count). The Kier molecular flexibility index (Phi) is 3.47. The van der Waals surface area contributed by atoms with E-state index < -0.39 is 0 Å². The molecule has 0 fully saturated rings. The van der Waals surface area contributed by atoms with Gasteiger partial charge in [0.2, 0.25) is 0 Å². The molecule has 24 heavy (non-hydrogen) atoms. The van der Waals surface area contributed by atoms with Crippen LogP contribution in [0, 0.1) is 0 Å². The molecule has 0 atom stereocenters. The largest absolute Gasteiger partial charge is 0.497 e. The summed E-state index contributed by atoms with van der Waals surface area (Å²) < 4.78 is 5.15. The minimum absolute atomic E-state index is 0.0361. The van der Waals surface area contributed by atoms with Crippen molar-refractivity contribution < 1.29 is 9.53 Å². The SMILES string of the molecule is COc1ccc(C(=O)c2cccc3cc4ccccc4nc23)cc1. The fraction of sp³-hybridized carbons (Fsp3) is 0.0476. The molecule has 4 aromatic rings. The fourth-order valence-corrected chi connectivity index (χ4v) is 2.88. The van der Waals surface area contributed by atoms with E-state index in [9.17, 15) is 4.79 Å². The van der Waals surface area contributed by atoms with Gasteiger partial charge in [-0.15, -0.1) is 0 Å². The second-order valence-electron chi connectivity index (χ2n) is 5.62. The summed E-state index contributed by atoms with van der Waals surface area (Å²) in [5.41, 5.74) is 2.86. The Balaban J connectivity index is 1.88. The number of ether oxygens (including phenoxy) is 1. The van der Waals surface area contributed by atoms with Crippen molar-refractivity contribution in [3.8, 4) is 5.75 Å². The number of rotatable bonds is 3. The Morgan fingerprint density at radius 3 is 2.42 bits per heavy atom. The number of carbonyl (C=O) groups is 1. The monoisotopic (exact) mass is 313 g/mol. The summed E-state index contributed by atoms with van der Waals surface area (Å²) in [5, 5.41) is 2.03. The molecule has 0 radical (unpaired) electrons. The van der Waals surface area contributed by atoms with Gasteiger partial charge < -0.3 is 4.74 Å². The minimum atomic E-state index is -0.0361. The van der Waals surface area contributed by atoms with Crippen molar-refractivity contribution in [1.82, 2.24) is 4.98 Å². The van der Waals surface area contributed by atoms with Gasteiger partial charge in [0.25, 0.3) is 0 Å². The van der Waals surface area contributed by atoms with E-state index in [0.29, 0.717) is 11.1 Å². The Labute approximate surface area is 139 Å². The summed E-state index contributed by atoms with van der Waals surface area (Å²) in [6.07, 6.45) is 0. The van der Waals surface area contributed by atoms with Gasteiger partial charge in [0.1, 0.15) is 5.75 Å². The number of ketones is 1. The van der Waals surface area contributed by atoms with Crippen LogP contribution in [0.4, 0.5) is 0 Å². The topological polar surface area (TPSA) is 39.2 Å². The highest BCUT2D eigenvalue weighted by molar-refractivity contribution is 6.16. The smallest absolute Gasteiger partial charge is 0.195 e. The van der Waals surface area contributed by atoms with Crippen molar-refractivity contribution in [1.29, 1.82) is 0 Å². The predicted octanol–water partition coefficient (Wildman–Crippen LogP) is 4.63. The maximum absolute atomic E-state index is 12.9. The van der Waals surface area contributed by atoms with E-state index in [4.69, 9.17) is 9.72 Å². The van der Waals surface area contributed by atoms with Gasteiger partial charge >= 0.3 is 0 Å². The summed E-state index contributed by atoms with van der Waals surface area (Å²) in [6.45, 7) is 0. The Hall–Kier alpha value is -3.20. The van der Waals surface area contributed by atoms with Crippen LogP contribution >= 0.6 is 0 Å². The third kappa shape index (κ3) is 2.40. The second-order valence-corrected chi connectivity index (χ2v) is 5.62. The van der Waals surface area contributed by atoms with Crippen LogP contribution in [-0.2, 0) is 0 Å². The first kappa shape index (κ1) is 14.4. The Morgan fingerprint density at radius 1 is 0.875 bits per heavy atom. The maximum Gasteiger partial charge on any atom is 0.195 e. The summed E-state index contributed by atoms with van der Waals surface area (Å²) in [6, 6.07) is 22.9. The predicted molar refractivity (Wildman–Crippen MR) is 95.7 cm³/mol. The normalized spacial score (nSPS) is 10.9. The molecule has 0 saturated heterocycles. The molecule has 1 heterocycles. The number of benzene rings is 3. The third-order valence-corrected chi connectivity index (χ3v) is 4.14. The average Bonchev–Trinajstić information content (AvgIpc) is 2.65. The highest BCUT2D eigenvalue weighted by Crippen LogP contribution is 2.24. The van der Waals surface area contributed by atoms with Crippen LogP contribution in [-0.4, -0.2) is 17.9 Å². The van der Waals surface area contributed by atoms with E-state index in [1.165, 1.54) is 0 Å². The van der Waals surface area contributed by atoms with Gasteiger partial charge in [0.05, 0.1) is 18.1 Å². The van der Waals surface area contributed by atoms with Gasteiger partial charge in [-0.2, -0.15) is 0 Å². The second kappa shape index (κ2) is 5.78. The number of hydrogen-bond donors (Lipinski definition) is 0. The van der Waals surface area contributed by atoms with Gasteiger partial charge in [0, 0.05) is 21.9 Å². The zero-order valence-corrected chi connectivity index (χ0v) is 13.2. The van der Waals surface area contributed by atoms with E-state index in [1.54, 1.807) is 31.4 Å². The van der Waals surface area contributed by atoms with Crippen molar-refractivity contribution in [3.05, 3.63) is 83.9 Å². The lowest BCUT2D eigenvalue weighted by molar-refractivity contribution is 0.104. The number of hydrogen-bond acceptors (Lipinski definition) is 3. The van der Waals surface area contributed by atoms with E-state index in [1.807, 2.05) is 42.5 Å². The molecule has 0 aliphatic carbocycles. The summed E-state index contributed by atoms with van der Waals surface area (Å²) >= 11 is 0. The van der Waals surface area contributed by atoms with Crippen LogP contribution < -0.4 is 4.74 Å². The zero-order valence-electron chi connectivity index (χ0n) is 13.2. The minimum Gasteiger partial charge on any atom is -0.497 e. The molecule has 0 aliphatic rings. The first-order chi connectivity index (χ1) is 11.8. The van der Waals surface area contributed by atoms with Crippen molar-refractivity contribution >= 4 is 27.6 Å². The molecule has 0 aliphatic heterocycles. The molecule has 1 aromatic heterocycles. The lowest BCUT2D eigenvalue weighted by Crippen LogP contribution is -2.03. The number of pyridine rings is 1. The zero-order chi connectivity index (χ0) is 16.5. The maximum atomic E-state index is 12.9. The van der Waals surface area contributed by atoms with E-state index >= 15 is 0 Å². The number of carbonyl (C=O) groups excluding carboxylic acids is 1. The molecule has 0 saturated carbocycles. The van der Waals surface area contributed by atoms with E-state index in [2.05, 4.69) is 6.07 Å². The molecule has 3 heteroatoms. The van der Waals surface area contributed by atoms with Gasteiger partial charge in [-0.1, -0.05) is 30.3 Å². The number of fused-ring (bicyclic) bond motifs is 2. The van der Waals surface area contributed by atoms with E-state index in [-0.39, 0.29) is 5.78 Å². The van der Waals surface area contributed by atoms with Crippen LogP contribution in [0.25, 0.3) is 21.8 Å². The first-order valence-corrected chi connectivity index (χ1v) is 7.73. The van der Waals surface area contributed by atoms with Crippen LogP contribution in [0.15, 0.2) is 72.8 Å². The van der Waals surface area contributed by atoms with Crippen LogP contribution in [0.5, 0.6) is 5.75 Å². The highest BCUT2D eigenvalue weighted by atomic mass is 16.5. The molecule has 0 spiro atoms. The molecular weight excluding hydrogens is 298 g/mol. The molecule has 0 amide bonds. The quantitative estimate of drug-likeness (QED) is 0.409. The molecule has 0 N–H and O–H groups in total. The summed E-state index contributed by atoms with van der Waals surface area (Å²) in [5.74, 6) is 0.694. The molecule has 0 bridgehead atoms. The molecule has 116 valence electrons. The number of methoxy groups -OCH3 is 1.